The molecule has 0 spiro atoms. The van der Waals surface area contributed by atoms with Crippen molar-refractivity contribution in [2.75, 3.05) is 7.11 Å². The monoisotopic (exact) mass is 356 g/mol. The fraction of sp³-hybridized carbons (Fsp3) is 0.833. The van der Waals surface area contributed by atoms with Gasteiger partial charge in [0.05, 0.1) is 12.2 Å². The molecular formula is C24H36O2. The van der Waals surface area contributed by atoms with Gasteiger partial charge in [0.1, 0.15) is 0 Å². The Morgan fingerprint density at radius 1 is 0.692 bits per heavy atom. The Morgan fingerprint density at radius 3 is 1.85 bits per heavy atom. The summed E-state index contributed by atoms with van der Waals surface area (Å²) in [4.78, 5) is 0. The second-order valence-electron chi connectivity index (χ2n) is 8.89. The standard InChI is InChI=1S/C24H36O2/c1-18-17-21(4-3-19-9-15-24(26-2)16-10-19)6-12-22(18)11-5-20-7-13-23(25)14-8-20/h18-25H,6-10,12-17H2,1-2H3. The molecule has 2 heteroatoms. The highest BCUT2D eigenvalue weighted by Gasteiger charge is 2.26. The number of hydrogen-bond acceptors (Lipinski definition) is 2. The topological polar surface area (TPSA) is 29.5 Å². The highest BCUT2D eigenvalue weighted by molar-refractivity contribution is 5.14. The van der Waals surface area contributed by atoms with Crippen LogP contribution >= 0.6 is 0 Å². The predicted molar refractivity (Wildman–Crippen MR) is 106 cm³/mol. The van der Waals surface area contributed by atoms with Gasteiger partial charge in [0, 0.05) is 30.8 Å². The molecule has 0 aromatic heterocycles. The van der Waals surface area contributed by atoms with Crippen LogP contribution in [0.15, 0.2) is 0 Å². The van der Waals surface area contributed by atoms with Crippen LogP contribution in [0.5, 0.6) is 0 Å². The van der Waals surface area contributed by atoms with Gasteiger partial charge in [-0.05, 0) is 76.5 Å². The molecule has 1 N–H and O–H groups in total. The van der Waals surface area contributed by atoms with Gasteiger partial charge in [0.2, 0.25) is 0 Å². The van der Waals surface area contributed by atoms with Gasteiger partial charge in [-0.25, -0.2) is 0 Å². The van der Waals surface area contributed by atoms with Crippen LogP contribution in [0.25, 0.3) is 0 Å². The number of hydrogen-bond donors (Lipinski definition) is 1. The Balaban J connectivity index is 1.43. The van der Waals surface area contributed by atoms with Crippen LogP contribution in [0.3, 0.4) is 0 Å². The van der Waals surface area contributed by atoms with E-state index in [1.54, 1.807) is 0 Å². The van der Waals surface area contributed by atoms with Gasteiger partial charge in [-0.15, -0.1) is 0 Å². The summed E-state index contributed by atoms with van der Waals surface area (Å²) in [6.45, 7) is 2.36. The molecule has 2 nitrogen and oxygen atoms in total. The van der Waals surface area contributed by atoms with Crippen molar-refractivity contribution >= 4 is 0 Å². The van der Waals surface area contributed by atoms with Gasteiger partial charge < -0.3 is 9.84 Å². The minimum Gasteiger partial charge on any atom is -0.393 e. The van der Waals surface area contributed by atoms with E-state index < -0.39 is 0 Å². The number of ether oxygens (including phenoxy) is 1. The van der Waals surface area contributed by atoms with E-state index >= 15 is 0 Å². The maximum atomic E-state index is 9.62. The summed E-state index contributed by atoms with van der Waals surface area (Å²) in [5, 5.41) is 9.62. The Kier molecular flexibility index (Phi) is 7.48. The SMILES string of the molecule is COC1CCC(C#CC2CCC(C#CC3CCC(O)CC3)C(C)C2)CC1. The van der Waals surface area contributed by atoms with Crippen molar-refractivity contribution in [3.63, 3.8) is 0 Å². The average molecular weight is 357 g/mol. The van der Waals surface area contributed by atoms with E-state index in [9.17, 15) is 5.11 Å². The van der Waals surface area contributed by atoms with Crippen molar-refractivity contribution in [1.82, 2.24) is 0 Å². The fourth-order valence-corrected chi connectivity index (χ4v) is 4.87. The lowest BCUT2D eigenvalue weighted by Gasteiger charge is -2.29. The summed E-state index contributed by atoms with van der Waals surface area (Å²) >= 11 is 0. The molecule has 0 amide bonds. The van der Waals surface area contributed by atoms with E-state index in [2.05, 4.69) is 30.6 Å². The molecule has 0 bridgehead atoms. The summed E-state index contributed by atoms with van der Waals surface area (Å²) in [6.07, 6.45) is 12.8. The first kappa shape index (κ1) is 19.8. The number of aliphatic hydroxyl groups excluding tert-OH is 1. The highest BCUT2D eigenvalue weighted by Crippen LogP contribution is 2.34. The third-order valence-corrected chi connectivity index (χ3v) is 6.84. The maximum Gasteiger partial charge on any atom is 0.0572 e. The summed E-state index contributed by atoms with van der Waals surface area (Å²) in [5.41, 5.74) is 0. The van der Waals surface area contributed by atoms with Crippen LogP contribution in [0.4, 0.5) is 0 Å². The molecule has 0 heterocycles. The van der Waals surface area contributed by atoms with E-state index in [0.29, 0.717) is 35.7 Å². The first-order valence-electron chi connectivity index (χ1n) is 10.9. The molecule has 3 saturated carbocycles. The Labute approximate surface area is 160 Å². The van der Waals surface area contributed by atoms with E-state index in [4.69, 9.17) is 4.74 Å². The molecule has 0 radical (unpaired) electrons. The normalized spacial score (nSPS) is 40.7. The van der Waals surface area contributed by atoms with Crippen molar-refractivity contribution < 1.29 is 9.84 Å². The predicted octanol–water partition coefficient (Wildman–Crippen LogP) is 4.80. The van der Waals surface area contributed by atoms with Gasteiger partial charge in [-0.3, -0.25) is 0 Å². The average Bonchev–Trinajstić information content (AvgIpc) is 2.67. The molecule has 0 aliphatic heterocycles. The van der Waals surface area contributed by atoms with Gasteiger partial charge >= 0.3 is 0 Å². The first-order valence-corrected chi connectivity index (χ1v) is 10.9. The second-order valence-corrected chi connectivity index (χ2v) is 8.89. The molecule has 0 aromatic rings. The zero-order valence-electron chi connectivity index (χ0n) is 16.7. The molecule has 26 heavy (non-hydrogen) atoms. The summed E-state index contributed by atoms with van der Waals surface area (Å²) in [5.74, 6) is 17.3. The quantitative estimate of drug-likeness (QED) is 0.684. The zero-order valence-corrected chi connectivity index (χ0v) is 16.7. The third kappa shape index (κ3) is 5.77. The van der Waals surface area contributed by atoms with Gasteiger partial charge in [-0.2, -0.15) is 0 Å². The van der Waals surface area contributed by atoms with Gasteiger partial charge in [0.25, 0.3) is 0 Å². The molecule has 3 unspecified atom stereocenters. The van der Waals surface area contributed by atoms with Crippen molar-refractivity contribution in [3.05, 3.63) is 0 Å². The van der Waals surface area contributed by atoms with Crippen LogP contribution in [-0.2, 0) is 4.74 Å². The largest absolute Gasteiger partial charge is 0.393 e. The van der Waals surface area contributed by atoms with E-state index in [0.717, 1.165) is 25.7 Å². The smallest absolute Gasteiger partial charge is 0.0572 e. The Bertz CT molecular complexity index is 544. The maximum absolute atomic E-state index is 9.62. The van der Waals surface area contributed by atoms with Crippen molar-refractivity contribution in [1.29, 1.82) is 0 Å². The lowest BCUT2D eigenvalue weighted by Crippen LogP contribution is -2.22. The molecule has 3 rings (SSSR count). The molecular weight excluding hydrogens is 320 g/mol. The minimum absolute atomic E-state index is 0.0782. The van der Waals surface area contributed by atoms with Crippen LogP contribution in [0, 0.1) is 53.3 Å². The summed E-state index contributed by atoms with van der Waals surface area (Å²) < 4.78 is 5.46. The second kappa shape index (κ2) is 9.82. The van der Waals surface area contributed by atoms with Crippen molar-refractivity contribution in [2.45, 2.75) is 89.8 Å². The molecule has 3 atom stereocenters. The van der Waals surface area contributed by atoms with E-state index in [-0.39, 0.29) is 6.10 Å². The summed E-state index contributed by atoms with van der Waals surface area (Å²) in [6, 6.07) is 0. The number of aliphatic hydroxyl groups is 1. The minimum atomic E-state index is -0.0782. The molecule has 3 fully saturated rings. The molecule has 3 aliphatic carbocycles. The van der Waals surface area contributed by atoms with Crippen molar-refractivity contribution in [3.8, 4) is 23.7 Å². The van der Waals surface area contributed by atoms with Crippen molar-refractivity contribution in [2.24, 2.45) is 29.6 Å². The number of rotatable bonds is 1. The molecule has 0 saturated heterocycles. The van der Waals surface area contributed by atoms with Crippen LogP contribution in [0.1, 0.15) is 77.6 Å². The third-order valence-electron chi connectivity index (χ3n) is 6.84. The van der Waals surface area contributed by atoms with E-state index in [1.165, 1.54) is 44.9 Å². The van der Waals surface area contributed by atoms with Gasteiger partial charge in [0.15, 0.2) is 0 Å². The molecule has 3 aliphatic rings. The molecule has 0 aromatic carbocycles. The van der Waals surface area contributed by atoms with Gasteiger partial charge in [-0.1, -0.05) is 30.6 Å². The lowest BCUT2D eigenvalue weighted by atomic mass is 9.75. The zero-order chi connectivity index (χ0) is 18.4. The van der Waals surface area contributed by atoms with Crippen LogP contribution < -0.4 is 0 Å². The van der Waals surface area contributed by atoms with Crippen LogP contribution in [0.2, 0.25) is 0 Å². The first-order chi connectivity index (χ1) is 12.6. The Morgan fingerprint density at radius 2 is 1.23 bits per heavy atom. The highest BCUT2D eigenvalue weighted by atomic mass is 16.5. The van der Waals surface area contributed by atoms with Crippen LogP contribution in [-0.4, -0.2) is 24.4 Å². The fourth-order valence-electron chi connectivity index (χ4n) is 4.87. The number of methoxy groups -OCH3 is 1. The molecule has 144 valence electrons. The summed E-state index contributed by atoms with van der Waals surface area (Å²) in [7, 11) is 1.83. The van der Waals surface area contributed by atoms with E-state index in [1.807, 2.05) is 7.11 Å². The lowest BCUT2D eigenvalue weighted by molar-refractivity contribution is 0.0636. The Hall–Kier alpha value is -0.960.